The monoisotopic (exact) mass is 295 g/mol. The molecule has 4 nitrogen and oxygen atoms in total. The zero-order valence-corrected chi connectivity index (χ0v) is 14.1. The van der Waals surface area contributed by atoms with Gasteiger partial charge in [-0.25, -0.2) is 0 Å². The second kappa shape index (κ2) is 7.10. The third kappa shape index (κ3) is 4.19. The maximum atomic E-state index is 12.8. The summed E-state index contributed by atoms with van der Waals surface area (Å²) in [4.78, 5) is 17.3. The predicted molar refractivity (Wildman–Crippen MR) is 87.0 cm³/mol. The maximum Gasteiger partial charge on any atom is 0.227 e. The Kier molecular flexibility index (Phi) is 5.67. The van der Waals surface area contributed by atoms with Gasteiger partial charge >= 0.3 is 0 Å². The van der Waals surface area contributed by atoms with E-state index in [1.807, 2.05) is 0 Å². The van der Waals surface area contributed by atoms with Gasteiger partial charge in [-0.1, -0.05) is 19.8 Å². The minimum atomic E-state index is -0.299. The Morgan fingerprint density at radius 1 is 1.38 bits per heavy atom. The summed E-state index contributed by atoms with van der Waals surface area (Å²) in [6.07, 6.45) is 6.62. The molecule has 2 fully saturated rings. The first kappa shape index (κ1) is 16.8. The fourth-order valence-corrected chi connectivity index (χ4v) is 4.08. The molecule has 0 aromatic carbocycles. The first-order chi connectivity index (χ1) is 9.94. The van der Waals surface area contributed by atoms with E-state index in [1.165, 1.54) is 12.8 Å². The third-order valence-corrected chi connectivity index (χ3v) is 5.33. The molecule has 1 amide bonds. The van der Waals surface area contributed by atoms with Crippen LogP contribution in [-0.2, 0) is 4.79 Å². The van der Waals surface area contributed by atoms with Gasteiger partial charge in [0.05, 0.1) is 5.92 Å². The lowest BCUT2D eigenvalue weighted by Crippen LogP contribution is -2.53. The summed E-state index contributed by atoms with van der Waals surface area (Å²) in [5.41, 5.74) is 6.09. The minimum absolute atomic E-state index is 0.0402. The quantitative estimate of drug-likeness (QED) is 0.845. The standard InChI is InChI=1S/C17H33N3O/c1-4-10-19(3)12-14-8-11-20(13-14)16(21)15-7-5-6-9-17(15,2)18/h14-15H,4-13,18H2,1-3H3. The lowest BCUT2D eigenvalue weighted by molar-refractivity contribution is -0.138. The average molecular weight is 295 g/mol. The van der Waals surface area contributed by atoms with Crippen LogP contribution >= 0.6 is 0 Å². The summed E-state index contributed by atoms with van der Waals surface area (Å²) >= 11 is 0. The van der Waals surface area contributed by atoms with Gasteiger partial charge in [-0.3, -0.25) is 4.79 Å². The molecule has 3 unspecified atom stereocenters. The molecule has 3 atom stereocenters. The zero-order chi connectivity index (χ0) is 15.5. The van der Waals surface area contributed by atoms with Crippen molar-refractivity contribution < 1.29 is 4.79 Å². The van der Waals surface area contributed by atoms with E-state index in [2.05, 4.69) is 30.7 Å². The molecule has 21 heavy (non-hydrogen) atoms. The molecule has 1 heterocycles. The molecular weight excluding hydrogens is 262 g/mol. The van der Waals surface area contributed by atoms with Crippen LogP contribution in [0.5, 0.6) is 0 Å². The molecule has 0 radical (unpaired) electrons. The van der Waals surface area contributed by atoms with Crippen LogP contribution in [0.2, 0.25) is 0 Å². The summed E-state index contributed by atoms with van der Waals surface area (Å²) < 4.78 is 0. The highest BCUT2D eigenvalue weighted by Crippen LogP contribution is 2.34. The van der Waals surface area contributed by atoms with Crippen molar-refractivity contribution in [2.24, 2.45) is 17.6 Å². The molecule has 1 saturated carbocycles. The molecule has 0 bridgehead atoms. The highest BCUT2D eigenvalue weighted by molar-refractivity contribution is 5.80. The Morgan fingerprint density at radius 3 is 2.81 bits per heavy atom. The number of rotatable bonds is 5. The molecular formula is C17H33N3O. The highest BCUT2D eigenvalue weighted by atomic mass is 16.2. The average Bonchev–Trinajstić information content (AvgIpc) is 2.86. The molecule has 2 rings (SSSR count). The molecule has 0 spiro atoms. The fourth-order valence-electron chi connectivity index (χ4n) is 4.08. The molecule has 1 saturated heterocycles. The van der Waals surface area contributed by atoms with Crippen molar-refractivity contribution in [2.75, 3.05) is 33.2 Å². The molecule has 2 aliphatic rings. The van der Waals surface area contributed by atoms with Gasteiger partial charge in [0, 0.05) is 25.2 Å². The number of likely N-dealkylation sites (tertiary alicyclic amines) is 1. The van der Waals surface area contributed by atoms with Crippen molar-refractivity contribution >= 4 is 5.91 Å². The first-order valence-corrected chi connectivity index (χ1v) is 8.70. The van der Waals surface area contributed by atoms with Crippen LogP contribution < -0.4 is 5.73 Å². The summed E-state index contributed by atoms with van der Waals surface area (Å²) in [6.45, 7) is 8.40. The van der Waals surface area contributed by atoms with Crippen molar-refractivity contribution in [3.05, 3.63) is 0 Å². The van der Waals surface area contributed by atoms with E-state index in [9.17, 15) is 4.79 Å². The topological polar surface area (TPSA) is 49.6 Å². The van der Waals surface area contributed by atoms with Crippen molar-refractivity contribution in [3.8, 4) is 0 Å². The second-order valence-electron chi connectivity index (χ2n) is 7.51. The number of hydrogen-bond donors (Lipinski definition) is 1. The Hall–Kier alpha value is -0.610. The summed E-state index contributed by atoms with van der Waals surface area (Å²) in [5.74, 6) is 0.997. The second-order valence-corrected chi connectivity index (χ2v) is 7.51. The van der Waals surface area contributed by atoms with Crippen molar-refractivity contribution in [1.82, 2.24) is 9.80 Å². The highest BCUT2D eigenvalue weighted by Gasteiger charge is 2.41. The van der Waals surface area contributed by atoms with Gasteiger partial charge in [0.2, 0.25) is 5.91 Å². The Bertz CT molecular complexity index is 356. The normalized spacial score (nSPS) is 33.7. The summed E-state index contributed by atoms with van der Waals surface area (Å²) in [5, 5.41) is 0. The van der Waals surface area contributed by atoms with Gasteiger partial charge in [-0.15, -0.1) is 0 Å². The van der Waals surface area contributed by atoms with Crippen LogP contribution in [0.25, 0.3) is 0 Å². The molecule has 2 N–H and O–H groups in total. The SMILES string of the molecule is CCCN(C)CC1CCN(C(=O)C2CCCCC2(C)N)C1. The van der Waals surface area contributed by atoms with E-state index in [0.717, 1.165) is 51.9 Å². The van der Waals surface area contributed by atoms with Crippen molar-refractivity contribution in [2.45, 2.75) is 57.9 Å². The van der Waals surface area contributed by atoms with Crippen molar-refractivity contribution in [1.29, 1.82) is 0 Å². The smallest absolute Gasteiger partial charge is 0.227 e. The lowest BCUT2D eigenvalue weighted by atomic mass is 9.74. The van der Waals surface area contributed by atoms with Gasteiger partial charge in [-0.2, -0.15) is 0 Å². The Balaban J connectivity index is 1.87. The van der Waals surface area contributed by atoms with Crippen molar-refractivity contribution in [3.63, 3.8) is 0 Å². The number of carbonyl (C=O) groups is 1. The number of nitrogens with zero attached hydrogens (tertiary/aromatic N) is 2. The third-order valence-electron chi connectivity index (χ3n) is 5.33. The Labute approximate surface area is 130 Å². The first-order valence-electron chi connectivity index (χ1n) is 8.70. The van der Waals surface area contributed by atoms with Gasteiger partial charge in [0.25, 0.3) is 0 Å². The van der Waals surface area contributed by atoms with Gasteiger partial charge in [0.1, 0.15) is 0 Å². The molecule has 122 valence electrons. The number of nitrogens with two attached hydrogens (primary N) is 1. The fraction of sp³-hybridized carbons (Fsp3) is 0.941. The minimum Gasteiger partial charge on any atom is -0.342 e. The largest absolute Gasteiger partial charge is 0.342 e. The van der Waals surface area contributed by atoms with E-state index in [0.29, 0.717) is 11.8 Å². The van der Waals surface area contributed by atoms with E-state index < -0.39 is 0 Å². The van der Waals surface area contributed by atoms with E-state index in [-0.39, 0.29) is 11.5 Å². The van der Waals surface area contributed by atoms with Crippen LogP contribution in [0, 0.1) is 11.8 Å². The molecule has 0 aromatic rings. The maximum absolute atomic E-state index is 12.8. The van der Waals surface area contributed by atoms with E-state index >= 15 is 0 Å². The number of hydrogen-bond acceptors (Lipinski definition) is 3. The molecule has 0 aromatic heterocycles. The van der Waals surface area contributed by atoms with Crippen LogP contribution in [-0.4, -0.2) is 54.5 Å². The van der Waals surface area contributed by atoms with Crippen LogP contribution in [0.1, 0.15) is 52.4 Å². The van der Waals surface area contributed by atoms with E-state index in [4.69, 9.17) is 5.73 Å². The van der Waals surface area contributed by atoms with Gasteiger partial charge < -0.3 is 15.5 Å². The van der Waals surface area contributed by atoms with Gasteiger partial charge in [-0.05, 0) is 52.1 Å². The lowest BCUT2D eigenvalue weighted by Gasteiger charge is -2.39. The van der Waals surface area contributed by atoms with Crippen LogP contribution in [0.3, 0.4) is 0 Å². The van der Waals surface area contributed by atoms with Gasteiger partial charge in [0.15, 0.2) is 0 Å². The predicted octanol–water partition coefficient (Wildman–Crippen LogP) is 2.08. The molecule has 4 heteroatoms. The summed E-state index contributed by atoms with van der Waals surface area (Å²) in [7, 11) is 2.19. The van der Waals surface area contributed by atoms with Crippen LogP contribution in [0.4, 0.5) is 0 Å². The molecule has 1 aliphatic carbocycles. The number of carbonyl (C=O) groups excluding carboxylic acids is 1. The van der Waals surface area contributed by atoms with E-state index in [1.54, 1.807) is 0 Å². The Morgan fingerprint density at radius 2 is 2.14 bits per heavy atom. The zero-order valence-electron chi connectivity index (χ0n) is 14.1. The van der Waals surface area contributed by atoms with Crippen LogP contribution in [0.15, 0.2) is 0 Å². The summed E-state index contributed by atoms with van der Waals surface area (Å²) in [6, 6.07) is 0. The number of amides is 1. The molecule has 1 aliphatic heterocycles.